The average molecular weight is 115 g/mol. The van der Waals surface area contributed by atoms with Gasteiger partial charge in [0, 0.05) is 5.25 Å². The summed E-state index contributed by atoms with van der Waals surface area (Å²) in [6.45, 7) is 3.96. The molecule has 41 valence electrons. The van der Waals surface area contributed by atoms with Gasteiger partial charge in [0.1, 0.15) is 0 Å². The summed E-state index contributed by atoms with van der Waals surface area (Å²) in [7, 11) is 0. The molecule has 1 unspecified atom stereocenters. The van der Waals surface area contributed by atoms with Crippen LogP contribution in [0, 0.1) is 6.92 Å². The van der Waals surface area contributed by atoms with Crippen molar-refractivity contribution in [2.45, 2.75) is 24.5 Å². The second-order valence-electron chi connectivity index (χ2n) is 1.99. The molecule has 0 nitrogen and oxygen atoms in total. The number of hydrogen-bond acceptors (Lipinski definition) is 1. The lowest BCUT2D eigenvalue weighted by molar-refractivity contribution is 0.718. The Kier molecular flexibility index (Phi) is 2.04. The van der Waals surface area contributed by atoms with E-state index in [1.54, 1.807) is 0 Å². The van der Waals surface area contributed by atoms with E-state index in [9.17, 15) is 0 Å². The van der Waals surface area contributed by atoms with Crippen LogP contribution in [0.1, 0.15) is 19.3 Å². The summed E-state index contributed by atoms with van der Waals surface area (Å²) in [6.07, 6.45) is 4.16. The molecule has 1 aliphatic rings. The van der Waals surface area contributed by atoms with Gasteiger partial charge in [0.2, 0.25) is 0 Å². The lowest BCUT2D eigenvalue weighted by atomic mass is 10.2. The third-order valence-electron chi connectivity index (χ3n) is 1.27. The van der Waals surface area contributed by atoms with Crippen LogP contribution in [-0.2, 0) is 0 Å². The van der Waals surface area contributed by atoms with Crippen LogP contribution in [-0.4, -0.2) is 11.0 Å². The molecule has 1 aliphatic heterocycles. The summed E-state index contributed by atoms with van der Waals surface area (Å²) in [5.41, 5.74) is 0. The molecule has 0 amide bonds. The predicted molar refractivity (Wildman–Crippen MR) is 35.5 cm³/mol. The Balaban J connectivity index is 2.12. The van der Waals surface area contributed by atoms with Crippen molar-refractivity contribution in [2.75, 3.05) is 5.75 Å². The van der Waals surface area contributed by atoms with Gasteiger partial charge in [-0.05, 0) is 25.5 Å². The van der Waals surface area contributed by atoms with Crippen LogP contribution in [0.2, 0.25) is 0 Å². The van der Waals surface area contributed by atoms with Gasteiger partial charge in [0.25, 0.3) is 0 Å². The summed E-state index contributed by atoms with van der Waals surface area (Å²) in [6, 6.07) is 0. The Bertz CT molecular complexity index is 46.1. The van der Waals surface area contributed by atoms with Gasteiger partial charge >= 0.3 is 0 Å². The molecule has 1 heteroatoms. The largest absolute Gasteiger partial charge is 0.159 e. The fourth-order valence-corrected chi connectivity index (χ4v) is 1.84. The van der Waals surface area contributed by atoms with Crippen molar-refractivity contribution >= 4 is 11.8 Å². The van der Waals surface area contributed by atoms with E-state index in [1.165, 1.54) is 25.0 Å². The van der Waals surface area contributed by atoms with Gasteiger partial charge in [-0.25, -0.2) is 0 Å². The molecule has 1 atom stereocenters. The molecule has 7 heavy (non-hydrogen) atoms. The van der Waals surface area contributed by atoms with Crippen molar-refractivity contribution in [1.82, 2.24) is 0 Å². The van der Waals surface area contributed by atoms with E-state index in [1.807, 2.05) is 11.8 Å². The standard InChI is InChI=1S/C6H11S/c1-6-4-2-3-5-7-6/h6H,1-5H2. The fourth-order valence-electron chi connectivity index (χ4n) is 0.807. The molecular formula is C6H11S. The second kappa shape index (κ2) is 2.61. The van der Waals surface area contributed by atoms with Gasteiger partial charge < -0.3 is 0 Å². The molecule has 0 bridgehead atoms. The summed E-state index contributed by atoms with van der Waals surface area (Å²) in [4.78, 5) is 0. The SMILES string of the molecule is [CH2]C1CCCCS1. The topological polar surface area (TPSA) is 0 Å². The van der Waals surface area contributed by atoms with E-state index in [-0.39, 0.29) is 0 Å². The predicted octanol–water partition coefficient (Wildman–Crippen LogP) is 2.11. The van der Waals surface area contributed by atoms with Gasteiger partial charge in [-0.2, -0.15) is 11.8 Å². The molecule has 0 N–H and O–H groups in total. The molecule has 0 aromatic heterocycles. The van der Waals surface area contributed by atoms with Gasteiger partial charge in [-0.1, -0.05) is 6.42 Å². The van der Waals surface area contributed by atoms with Crippen LogP contribution in [0.25, 0.3) is 0 Å². The van der Waals surface area contributed by atoms with Gasteiger partial charge in [0.05, 0.1) is 0 Å². The first-order chi connectivity index (χ1) is 3.39. The number of rotatable bonds is 0. The van der Waals surface area contributed by atoms with E-state index in [2.05, 4.69) is 6.92 Å². The number of thioether (sulfide) groups is 1. The number of hydrogen-bond donors (Lipinski definition) is 0. The van der Waals surface area contributed by atoms with Crippen molar-refractivity contribution in [2.24, 2.45) is 0 Å². The molecule has 0 saturated carbocycles. The molecular weight excluding hydrogens is 104 g/mol. The Morgan fingerprint density at radius 1 is 1.43 bits per heavy atom. The zero-order chi connectivity index (χ0) is 5.11. The highest BCUT2D eigenvalue weighted by molar-refractivity contribution is 8.00. The first-order valence-corrected chi connectivity index (χ1v) is 3.89. The third-order valence-corrected chi connectivity index (χ3v) is 2.51. The fraction of sp³-hybridized carbons (Fsp3) is 0.833. The van der Waals surface area contributed by atoms with E-state index in [4.69, 9.17) is 0 Å². The maximum absolute atomic E-state index is 3.96. The smallest absolute Gasteiger partial charge is 0.00474 e. The van der Waals surface area contributed by atoms with Crippen LogP contribution in [0.5, 0.6) is 0 Å². The van der Waals surface area contributed by atoms with Gasteiger partial charge in [-0.15, -0.1) is 0 Å². The van der Waals surface area contributed by atoms with Crippen molar-refractivity contribution in [1.29, 1.82) is 0 Å². The minimum atomic E-state index is 0.703. The summed E-state index contributed by atoms with van der Waals surface area (Å²) < 4.78 is 0. The van der Waals surface area contributed by atoms with E-state index < -0.39 is 0 Å². The maximum Gasteiger partial charge on any atom is 0.00474 e. The van der Waals surface area contributed by atoms with E-state index in [0.29, 0.717) is 5.25 Å². The molecule has 1 rings (SSSR count). The molecule has 0 spiro atoms. The van der Waals surface area contributed by atoms with E-state index >= 15 is 0 Å². The summed E-state index contributed by atoms with van der Waals surface area (Å²) >= 11 is 2.01. The van der Waals surface area contributed by atoms with Gasteiger partial charge in [0.15, 0.2) is 0 Å². The summed E-state index contributed by atoms with van der Waals surface area (Å²) in [5.74, 6) is 1.34. The van der Waals surface area contributed by atoms with Crippen LogP contribution in [0.3, 0.4) is 0 Å². The lowest BCUT2D eigenvalue weighted by Crippen LogP contribution is -2.03. The van der Waals surface area contributed by atoms with Gasteiger partial charge in [-0.3, -0.25) is 0 Å². The zero-order valence-electron chi connectivity index (χ0n) is 4.52. The van der Waals surface area contributed by atoms with Crippen LogP contribution in [0.4, 0.5) is 0 Å². The van der Waals surface area contributed by atoms with Crippen molar-refractivity contribution in [3.63, 3.8) is 0 Å². The Labute approximate surface area is 49.7 Å². The zero-order valence-corrected chi connectivity index (χ0v) is 5.34. The quantitative estimate of drug-likeness (QED) is 0.466. The summed E-state index contributed by atoms with van der Waals surface area (Å²) in [5, 5.41) is 0.703. The van der Waals surface area contributed by atoms with Crippen LogP contribution in [0.15, 0.2) is 0 Å². The average Bonchev–Trinajstić information content (AvgIpc) is 1.69. The molecule has 0 aliphatic carbocycles. The van der Waals surface area contributed by atoms with Crippen LogP contribution >= 0.6 is 11.8 Å². The Morgan fingerprint density at radius 3 is 2.57 bits per heavy atom. The first-order valence-electron chi connectivity index (χ1n) is 2.84. The van der Waals surface area contributed by atoms with Crippen LogP contribution < -0.4 is 0 Å². The van der Waals surface area contributed by atoms with Crippen molar-refractivity contribution in [3.8, 4) is 0 Å². The molecule has 0 aromatic rings. The maximum atomic E-state index is 3.96. The Hall–Kier alpha value is 0.350. The van der Waals surface area contributed by atoms with Crippen molar-refractivity contribution < 1.29 is 0 Å². The van der Waals surface area contributed by atoms with E-state index in [0.717, 1.165) is 0 Å². The molecule has 1 saturated heterocycles. The highest BCUT2D eigenvalue weighted by Crippen LogP contribution is 2.23. The molecule has 1 radical (unpaired) electrons. The first kappa shape index (κ1) is 5.49. The second-order valence-corrected chi connectivity index (χ2v) is 3.40. The lowest BCUT2D eigenvalue weighted by Gasteiger charge is -2.15. The highest BCUT2D eigenvalue weighted by Gasteiger charge is 2.06. The molecule has 0 aromatic carbocycles. The van der Waals surface area contributed by atoms with Crippen molar-refractivity contribution in [3.05, 3.63) is 6.92 Å². The molecule has 1 heterocycles. The minimum absolute atomic E-state index is 0.703. The third kappa shape index (κ3) is 1.72. The molecule has 1 fully saturated rings. The minimum Gasteiger partial charge on any atom is -0.159 e. The monoisotopic (exact) mass is 115 g/mol. The highest BCUT2D eigenvalue weighted by atomic mass is 32.2. The Morgan fingerprint density at radius 2 is 2.29 bits per heavy atom. The normalized spacial score (nSPS) is 33.0.